The molecule has 1 atom stereocenters. The minimum atomic E-state index is -0.431. The van der Waals surface area contributed by atoms with Crippen LogP contribution in [-0.4, -0.2) is 36.1 Å². The van der Waals surface area contributed by atoms with E-state index in [0.717, 1.165) is 25.2 Å². The molecule has 1 aliphatic heterocycles. The van der Waals surface area contributed by atoms with Gasteiger partial charge in [0, 0.05) is 12.6 Å². The summed E-state index contributed by atoms with van der Waals surface area (Å²) in [6.07, 6.45) is 2.67. The molecular formula is C10H14FN3. The van der Waals surface area contributed by atoms with Crippen molar-refractivity contribution >= 4 is 5.69 Å². The number of anilines is 1. The van der Waals surface area contributed by atoms with Crippen LogP contribution in [0.15, 0.2) is 18.3 Å². The zero-order valence-electron chi connectivity index (χ0n) is 8.20. The summed E-state index contributed by atoms with van der Waals surface area (Å²) in [5, 5.41) is 3.33. The summed E-state index contributed by atoms with van der Waals surface area (Å²) >= 11 is 0. The number of likely N-dealkylation sites (N-methyl/N-ethyl adjacent to an activating group) is 1. The van der Waals surface area contributed by atoms with E-state index in [2.05, 4.69) is 22.2 Å². The third-order valence-corrected chi connectivity index (χ3v) is 2.49. The first-order valence-electron chi connectivity index (χ1n) is 4.80. The first-order valence-corrected chi connectivity index (χ1v) is 4.80. The van der Waals surface area contributed by atoms with Gasteiger partial charge in [0.1, 0.15) is 0 Å². The van der Waals surface area contributed by atoms with Gasteiger partial charge in [-0.05, 0) is 32.1 Å². The molecule has 2 heterocycles. The maximum absolute atomic E-state index is 12.5. The Bertz CT molecular complexity index is 299. The minimum Gasteiger partial charge on any atom is -0.380 e. The fraction of sp³-hybridized carbons (Fsp3) is 0.500. The van der Waals surface area contributed by atoms with E-state index in [1.807, 2.05) is 0 Å². The number of pyridine rings is 1. The molecular weight excluding hydrogens is 181 g/mol. The van der Waals surface area contributed by atoms with Gasteiger partial charge in [0.25, 0.3) is 0 Å². The SMILES string of the molecule is CN1CCC(Nc2ccc(F)nc2)C1. The van der Waals surface area contributed by atoms with E-state index >= 15 is 0 Å². The van der Waals surface area contributed by atoms with Crippen LogP contribution in [0.2, 0.25) is 0 Å². The Hall–Kier alpha value is -1.16. The van der Waals surface area contributed by atoms with Crippen molar-refractivity contribution < 1.29 is 4.39 Å². The quantitative estimate of drug-likeness (QED) is 0.722. The van der Waals surface area contributed by atoms with Crippen LogP contribution in [-0.2, 0) is 0 Å². The van der Waals surface area contributed by atoms with Gasteiger partial charge in [-0.3, -0.25) is 0 Å². The Balaban J connectivity index is 1.94. The monoisotopic (exact) mass is 195 g/mol. The molecule has 1 unspecified atom stereocenters. The lowest BCUT2D eigenvalue weighted by Crippen LogP contribution is -2.23. The van der Waals surface area contributed by atoms with Crippen LogP contribution in [0.4, 0.5) is 10.1 Å². The summed E-state index contributed by atoms with van der Waals surface area (Å²) in [5.74, 6) is -0.431. The van der Waals surface area contributed by atoms with E-state index in [9.17, 15) is 4.39 Å². The molecule has 0 spiro atoms. The fourth-order valence-electron chi connectivity index (χ4n) is 1.75. The van der Waals surface area contributed by atoms with E-state index in [1.54, 1.807) is 6.07 Å². The van der Waals surface area contributed by atoms with Gasteiger partial charge in [-0.2, -0.15) is 4.39 Å². The minimum absolute atomic E-state index is 0.431. The van der Waals surface area contributed by atoms with Crippen LogP contribution < -0.4 is 5.32 Å². The number of hydrogen-bond acceptors (Lipinski definition) is 3. The summed E-state index contributed by atoms with van der Waals surface area (Å²) in [7, 11) is 2.10. The van der Waals surface area contributed by atoms with Crippen molar-refractivity contribution in [3.63, 3.8) is 0 Å². The van der Waals surface area contributed by atoms with Gasteiger partial charge in [0.05, 0.1) is 11.9 Å². The molecule has 0 aliphatic carbocycles. The van der Waals surface area contributed by atoms with E-state index in [0.29, 0.717) is 6.04 Å². The van der Waals surface area contributed by atoms with Crippen LogP contribution in [0.1, 0.15) is 6.42 Å². The predicted octanol–water partition coefficient (Wildman–Crippen LogP) is 1.34. The Morgan fingerprint density at radius 3 is 3.00 bits per heavy atom. The highest BCUT2D eigenvalue weighted by molar-refractivity contribution is 5.41. The molecule has 1 aliphatic rings. The average Bonchev–Trinajstić information content (AvgIpc) is 2.56. The Morgan fingerprint density at radius 2 is 2.43 bits per heavy atom. The van der Waals surface area contributed by atoms with Crippen molar-refractivity contribution in [2.45, 2.75) is 12.5 Å². The maximum atomic E-state index is 12.5. The zero-order valence-corrected chi connectivity index (χ0v) is 8.20. The van der Waals surface area contributed by atoms with Crippen LogP contribution in [0.25, 0.3) is 0 Å². The van der Waals surface area contributed by atoms with Crippen molar-refractivity contribution in [2.24, 2.45) is 0 Å². The molecule has 0 amide bonds. The molecule has 2 rings (SSSR count). The highest BCUT2D eigenvalue weighted by Gasteiger charge is 2.18. The third kappa shape index (κ3) is 2.20. The summed E-state index contributed by atoms with van der Waals surface area (Å²) in [6.45, 7) is 2.16. The van der Waals surface area contributed by atoms with Gasteiger partial charge >= 0.3 is 0 Å². The van der Waals surface area contributed by atoms with Crippen molar-refractivity contribution in [1.82, 2.24) is 9.88 Å². The molecule has 1 saturated heterocycles. The topological polar surface area (TPSA) is 28.2 Å². The molecule has 1 aromatic heterocycles. The summed E-state index contributed by atoms with van der Waals surface area (Å²) in [6, 6.07) is 3.56. The van der Waals surface area contributed by atoms with Gasteiger partial charge in [-0.25, -0.2) is 4.98 Å². The number of nitrogens with one attached hydrogen (secondary N) is 1. The van der Waals surface area contributed by atoms with Crippen molar-refractivity contribution in [3.8, 4) is 0 Å². The van der Waals surface area contributed by atoms with Crippen molar-refractivity contribution in [3.05, 3.63) is 24.3 Å². The summed E-state index contributed by atoms with van der Waals surface area (Å²) in [4.78, 5) is 5.87. The van der Waals surface area contributed by atoms with Gasteiger partial charge in [0.15, 0.2) is 0 Å². The number of likely N-dealkylation sites (tertiary alicyclic amines) is 1. The normalized spacial score (nSPS) is 22.6. The van der Waals surface area contributed by atoms with Crippen LogP contribution >= 0.6 is 0 Å². The largest absolute Gasteiger partial charge is 0.380 e. The first kappa shape index (κ1) is 9.40. The Labute approximate surface area is 82.9 Å². The molecule has 14 heavy (non-hydrogen) atoms. The molecule has 0 saturated carbocycles. The second kappa shape index (κ2) is 3.92. The van der Waals surface area contributed by atoms with Crippen LogP contribution in [0.5, 0.6) is 0 Å². The highest BCUT2D eigenvalue weighted by atomic mass is 19.1. The number of nitrogens with zero attached hydrogens (tertiary/aromatic N) is 2. The van der Waals surface area contributed by atoms with Gasteiger partial charge < -0.3 is 10.2 Å². The highest BCUT2D eigenvalue weighted by Crippen LogP contribution is 2.13. The third-order valence-electron chi connectivity index (χ3n) is 2.49. The zero-order chi connectivity index (χ0) is 9.97. The number of hydrogen-bond donors (Lipinski definition) is 1. The molecule has 1 N–H and O–H groups in total. The number of halogens is 1. The second-order valence-corrected chi connectivity index (χ2v) is 3.76. The van der Waals surface area contributed by atoms with Gasteiger partial charge in [0.2, 0.25) is 5.95 Å². The standard InChI is InChI=1S/C10H14FN3/c1-14-5-4-9(7-14)13-8-2-3-10(11)12-6-8/h2-3,6,9,13H,4-5,7H2,1H3. The molecule has 3 nitrogen and oxygen atoms in total. The Kier molecular flexibility index (Phi) is 2.63. The fourth-order valence-corrected chi connectivity index (χ4v) is 1.75. The van der Waals surface area contributed by atoms with Crippen molar-refractivity contribution in [1.29, 1.82) is 0 Å². The van der Waals surface area contributed by atoms with E-state index in [-0.39, 0.29) is 0 Å². The van der Waals surface area contributed by atoms with E-state index in [4.69, 9.17) is 0 Å². The average molecular weight is 195 g/mol. The lowest BCUT2D eigenvalue weighted by molar-refractivity contribution is 0.414. The maximum Gasteiger partial charge on any atom is 0.212 e. The van der Waals surface area contributed by atoms with E-state index < -0.39 is 5.95 Å². The molecule has 0 radical (unpaired) electrons. The molecule has 0 bridgehead atoms. The lowest BCUT2D eigenvalue weighted by atomic mass is 10.2. The molecule has 1 fully saturated rings. The van der Waals surface area contributed by atoms with Crippen LogP contribution in [0.3, 0.4) is 0 Å². The van der Waals surface area contributed by atoms with E-state index in [1.165, 1.54) is 12.3 Å². The molecule has 1 aromatic rings. The van der Waals surface area contributed by atoms with Gasteiger partial charge in [-0.15, -0.1) is 0 Å². The van der Waals surface area contributed by atoms with Crippen molar-refractivity contribution in [2.75, 3.05) is 25.5 Å². The predicted molar refractivity (Wildman–Crippen MR) is 53.7 cm³/mol. The lowest BCUT2D eigenvalue weighted by Gasteiger charge is -2.13. The number of rotatable bonds is 2. The summed E-state index contributed by atoms with van der Waals surface area (Å²) in [5.41, 5.74) is 0.895. The van der Waals surface area contributed by atoms with Gasteiger partial charge in [-0.1, -0.05) is 0 Å². The summed E-state index contributed by atoms with van der Waals surface area (Å²) < 4.78 is 12.5. The first-order chi connectivity index (χ1) is 6.74. The molecule has 0 aromatic carbocycles. The Morgan fingerprint density at radius 1 is 1.57 bits per heavy atom. The number of aromatic nitrogens is 1. The smallest absolute Gasteiger partial charge is 0.212 e. The van der Waals surface area contributed by atoms with Crippen LogP contribution in [0, 0.1) is 5.95 Å². The molecule has 76 valence electrons. The second-order valence-electron chi connectivity index (χ2n) is 3.76. The molecule has 4 heteroatoms.